The predicted octanol–water partition coefficient (Wildman–Crippen LogP) is -0.682. The van der Waals surface area contributed by atoms with Gasteiger partial charge in [0.25, 0.3) is 5.91 Å². The quantitative estimate of drug-likeness (QED) is 0.424. The molecule has 5 amide bonds. The number of benzene rings is 1. The number of nitrogens with two attached hydrogens (primary N) is 1. The van der Waals surface area contributed by atoms with E-state index in [0.29, 0.717) is 11.3 Å². The van der Waals surface area contributed by atoms with E-state index in [-0.39, 0.29) is 5.84 Å². The Balaban J connectivity index is 2.22. The molecule has 0 aliphatic carbocycles. The van der Waals surface area contributed by atoms with E-state index in [2.05, 4.69) is 21.3 Å². The molecule has 1 aromatic rings. The molecule has 5 N–H and O–H groups in total. The van der Waals surface area contributed by atoms with Gasteiger partial charge >= 0.3 is 12.1 Å². The Bertz CT molecular complexity index is 730. The van der Waals surface area contributed by atoms with Gasteiger partial charge in [-0.3, -0.25) is 20.4 Å². The molecule has 120 valence electrons. The number of amidine groups is 1. The Kier molecular flexibility index (Phi) is 3.18. The summed E-state index contributed by atoms with van der Waals surface area (Å²) >= 11 is 0. The number of nitrogens with one attached hydrogen (secondary N) is 3. The molecule has 1 atom stereocenters. The van der Waals surface area contributed by atoms with Gasteiger partial charge in [0.15, 0.2) is 5.84 Å². The normalized spacial score (nSPS) is 23.8. The first-order valence-corrected chi connectivity index (χ1v) is 6.71. The van der Waals surface area contributed by atoms with Crippen LogP contribution in [0.15, 0.2) is 29.4 Å². The number of hydrazone groups is 1. The average molecular weight is 317 g/mol. The average Bonchev–Trinajstić information content (AvgIpc) is 2.58. The molecule has 23 heavy (non-hydrogen) atoms. The Morgan fingerprint density at radius 2 is 1.78 bits per heavy atom. The van der Waals surface area contributed by atoms with Crippen molar-refractivity contribution in [1.29, 1.82) is 0 Å². The predicted molar refractivity (Wildman–Crippen MR) is 81.0 cm³/mol. The number of imide groups is 1. The number of hydrazine groups is 1. The van der Waals surface area contributed by atoms with E-state index in [1.165, 1.54) is 19.0 Å². The summed E-state index contributed by atoms with van der Waals surface area (Å²) in [6, 6.07) is 5.39. The van der Waals surface area contributed by atoms with Crippen LogP contribution < -0.4 is 22.0 Å². The van der Waals surface area contributed by atoms with Crippen LogP contribution in [0.1, 0.15) is 5.56 Å². The fourth-order valence-electron chi connectivity index (χ4n) is 2.71. The highest BCUT2D eigenvalue weighted by Crippen LogP contribution is 2.33. The number of amides is 5. The number of hydrogen-bond acceptors (Lipinski definition) is 6. The zero-order valence-corrected chi connectivity index (χ0v) is 12.5. The minimum Gasteiger partial charge on any atom is -0.324 e. The summed E-state index contributed by atoms with van der Waals surface area (Å²) in [5.41, 5.74) is 4.22. The van der Waals surface area contributed by atoms with Gasteiger partial charge in [0.2, 0.25) is 5.54 Å². The smallest absolute Gasteiger partial charge is 0.324 e. The first-order chi connectivity index (χ1) is 10.9. The zero-order valence-electron chi connectivity index (χ0n) is 12.5. The molecule has 1 aromatic carbocycles. The van der Waals surface area contributed by atoms with Crippen molar-refractivity contribution >= 4 is 29.5 Å². The molecule has 0 bridgehead atoms. The topological polar surface area (TPSA) is 132 Å². The molecule has 1 fully saturated rings. The third-order valence-corrected chi connectivity index (χ3v) is 3.90. The third kappa shape index (κ3) is 1.92. The van der Waals surface area contributed by atoms with Gasteiger partial charge in [-0.1, -0.05) is 12.1 Å². The Labute approximate surface area is 131 Å². The van der Waals surface area contributed by atoms with Crippen LogP contribution in [0.4, 0.5) is 15.3 Å². The molecule has 2 heterocycles. The minimum absolute atomic E-state index is 0.0960. The molecular formula is C13H15N7O3. The summed E-state index contributed by atoms with van der Waals surface area (Å²) < 4.78 is 0. The second kappa shape index (κ2) is 4.95. The molecule has 1 unspecified atom stereocenters. The van der Waals surface area contributed by atoms with Crippen LogP contribution in [-0.4, -0.2) is 47.7 Å². The van der Waals surface area contributed by atoms with Crippen LogP contribution >= 0.6 is 0 Å². The molecule has 10 nitrogen and oxygen atoms in total. The standard InChI is InChI=1S/C13H15N7O3/c1-19-9-13(15-11(22)18-17-9,10(21)20(2)12(19)23)7-3-5-8(16-14)6-4-7/h3-6,16H,14H2,1-2H3,(H2,15,18,22). The molecule has 10 heteroatoms. The van der Waals surface area contributed by atoms with Crippen molar-refractivity contribution < 1.29 is 14.4 Å². The van der Waals surface area contributed by atoms with Crippen LogP contribution in [0.2, 0.25) is 0 Å². The van der Waals surface area contributed by atoms with Crippen molar-refractivity contribution in [2.24, 2.45) is 10.9 Å². The van der Waals surface area contributed by atoms with Gasteiger partial charge in [0, 0.05) is 19.8 Å². The summed E-state index contributed by atoms with van der Waals surface area (Å²) in [6.07, 6.45) is 0. The summed E-state index contributed by atoms with van der Waals surface area (Å²) in [5.74, 6) is 4.84. The number of anilines is 1. The van der Waals surface area contributed by atoms with E-state index in [4.69, 9.17) is 5.84 Å². The van der Waals surface area contributed by atoms with Gasteiger partial charge in [-0.05, 0) is 17.7 Å². The molecule has 0 aromatic heterocycles. The maximum absolute atomic E-state index is 12.9. The van der Waals surface area contributed by atoms with Crippen molar-refractivity contribution in [2.75, 3.05) is 19.5 Å². The Morgan fingerprint density at radius 1 is 1.13 bits per heavy atom. The van der Waals surface area contributed by atoms with Gasteiger partial charge in [-0.25, -0.2) is 15.0 Å². The SMILES string of the molecule is CN1C(=O)N(C)C2=NNC(=O)NC2(c2ccc(NN)cc2)C1=O. The minimum atomic E-state index is -1.58. The highest BCUT2D eigenvalue weighted by molar-refractivity contribution is 6.25. The van der Waals surface area contributed by atoms with E-state index in [9.17, 15) is 14.4 Å². The van der Waals surface area contributed by atoms with Crippen molar-refractivity contribution in [1.82, 2.24) is 20.5 Å². The lowest BCUT2D eigenvalue weighted by atomic mass is 9.84. The zero-order chi connectivity index (χ0) is 16.8. The summed E-state index contributed by atoms with van der Waals surface area (Å²) in [4.78, 5) is 39.0. The lowest BCUT2D eigenvalue weighted by molar-refractivity contribution is -0.133. The van der Waals surface area contributed by atoms with Crippen LogP contribution in [0.3, 0.4) is 0 Å². The number of carbonyl (C=O) groups is 3. The number of hydrogen-bond donors (Lipinski definition) is 4. The summed E-state index contributed by atoms with van der Waals surface area (Å²) in [6.45, 7) is 0. The highest BCUT2D eigenvalue weighted by atomic mass is 16.2. The Hall–Kier alpha value is -3.14. The maximum Gasteiger partial charge on any atom is 0.336 e. The van der Waals surface area contributed by atoms with Crippen LogP contribution in [0.25, 0.3) is 0 Å². The number of urea groups is 2. The number of rotatable bonds is 2. The molecule has 2 aliphatic heterocycles. The molecule has 1 saturated heterocycles. The third-order valence-electron chi connectivity index (χ3n) is 3.90. The number of fused-ring (bicyclic) bond motifs is 1. The van der Waals surface area contributed by atoms with Gasteiger partial charge < -0.3 is 10.7 Å². The Morgan fingerprint density at radius 3 is 2.39 bits per heavy atom. The molecular weight excluding hydrogens is 302 g/mol. The molecule has 0 spiro atoms. The van der Waals surface area contributed by atoms with E-state index >= 15 is 0 Å². The lowest BCUT2D eigenvalue weighted by Crippen LogP contribution is -2.74. The maximum atomic E-state index is 12.9. The summed E-state index contributed by atoms with van der Waals surface area (Å²) in [7, 11) is 2.83. The fourth-order valence-corrected chi connectivity index (χ4v) is 2.71. The van der Waals surface area contributed by atoms with Crippen molar-refractivity contribution in [3.63, 3.8) is 0 Å². The summed E-state index contributed by atoms with van der Waals surface area (Å²) in [5, 5.41) is 6.51. The molecule has 3 rings (SSSR count). The number of nitrogen functional groups attached to an aromatic ring is 1. The largest absolute Gasteiger partial charge is 0.336 e. The molecule has 0 radical (unpaired) electrons. The van der Waals surface area contributed by atoms with Crippen molar-refractivity contribution in [2.45, 2.75) is 5.54 Å². The first kappa shape index (κ1) is 14.8. The monoisotopic (exact) mass is 317 g/mol. The van der Waals surface area contributed by atoms with Gasteiger partial charge in [0.1, 0.15) is 0 Å². The van der Waals surface area contributed by atoms with Crippen molar-refractivity contribution in [3.05, 3.63) is 29.8 Å². The number of nitrogens with zero attached hydrogens (tertiary/aromatic N) is 3. The molecule has 0 saturated carbocycles. The lowest BCUT2D eigenvalue weighted by Gasteiger charge is -2.45. The van der Waals surface area contributed by atoms with Gasteiger partial charge in [-0.2, -0.15) is 5.10 Å². The van der Waals surface area contributed by atoms with Crippen molar-refractivity contribution in [3.8, 4) is 0 Å². The van der Waals surface area contributed by atoms with E-state index < -0.39 is 23.5 Å². The molecule has 2 aliphatic rings. The van der Waals surface area contributed by atoms with E-state index in [1.54, 1.807) is 24.3 Å². The number of likely N-dealkylation sites (N-methyl/N-ethyl adjacent to an activating group) is 2. The second-order valence-electron chi connectivity index (χ2n) is 5.18. The second-order valence-corrected chi connectivity index (χ2v) is 5.18. The van der Waals surface area contributed by atoms with Crippen LogP contribution in [0, 0.1) is 0 Å². The van der Waals surface area contributed by atoms with Crippen LogP contribution in [-0.2, 0) is 10.3 Å². The van der Waals surface area contributed by atoms with Crippen LogP contribution in [0.5, 0.6) is 0 Å². The van der Waals surface area contributed by atoms with E-state index in [1.807, 2.05) is 0 Å². The van der Waals surface area contributed by atoms with Gasteiger partial charge in [0.05, 0.1) is 0 Å². The fraction of sp³-hybridized carbons (Fsp3) is 0.231. The van der Waals surface area contributed by atoms with Gasteiger partial charge in [-0.15, -0.1) is 0 Å². The number of carbonyl (C=O) groups excluding carboxylic acids is 3. The first-order valence-electron chi connectivity index (χ1n) is 6.71. The van der Waals surface area contributed by atoms with E-state index in [0.717, 1.165) is 4.90 Å². The highest BCUT2D eigenvalue weighted by Gasteiger charge is 2.57.